The first-order valence-corrected chi connectivity index (χ1v) is 9.22. The summed E-state index contributed by atoms with van der Waals surface area (Å²) in [7, 11) is 3.14. The molecular weight excluding hydrogens is 344 g/mol. The molecule has 1 aliphatic heterocycles. The standard InChI is InChI=1S/C20H26N4O3/c1-4-8-14-11-15(12-16(26-2)19(14)27-3)20(25)21-13-18-23-22-17-9-6-5-7-10-24(17)18/h4,11-12H,1,5-10,13H2,2-3H3,(H,21,25). The molecule has 0 fully saturated rings. The minimum absolute atomic E-state index is 0.188. The van der Waals surface area contributed by atoms with Crippen LogP contribution in [-0.2, 0) is 25.9 Å². The third-order valence-corrected chi connectivity index (χ3v) is 4.78. The molecule has 1 amide bonds. The maximum Gasteiger partial charge on any atom is 0.251 e. The van der Waals surface area contributed by atoms with Gasteiger partial charge >= 0.3 is 0 Å². The molecular formula is C20H26N4O3. The van der Waals surface area contributed by atoms with Crippen molar-refractivity contribution in [3.8, 4) is 11.5 Å². The predicted octanol–water partition coefficient (Wildman–Crippen LogP) is 2.68. The van der Waals surface area contributed by atoms with Crippen LogP contribution in [-0.4, -0.2) is 34.9 Å². The van der Waals surface area contributed by atoms with Gasteiger partial charge in [-0.25, -0.2) is 0 Å². The van der Waals surface area contributed by atoms with E-state index in [0.29, 0.717) is 30.0 Å². The second kappa shape index (κ2) is 8.70. The summed E-state index contributed by atoms with van der Waals surface area (Å²) in [6, 6.07) is 3.49. The predicted molar refractivity (Wildman–Crippen MR) is 102 cm³/mol. The highest BCUT2D eigenvalue weighted by Gasteiger charge is 2.18. The third-order valence-electron chi connectivity index (χ3n) is 4.78. The van der Waals surface area contributed by atoms with Crippen molar-refractivity contribution >= 4 is 5.91 Å². The van der Waals surface area contributed by atoms with E-state index in [9.17, 15) is 4.79 Å². The summed E-state index contributed by atoms with van der Waals surface area (Å²) in [4.78, 5) is 12.7. The number of amides is 1. The number of nitrogens with zero attached hydrogens (tertiary/aromatic N) is 3. The van der Waals surface area contributed by atoms with E-state index in [0.717, 1.165) is 43.0 Å². The van der Waals surface area contributed by atoms with Crippen LogP contribution in [0.5, 0.6) is 11.5 Å². The SMILES string of the molecule is C=CCc1cc(C(=O)NCc2nnc3n2CCCCC3)cc(OC)c1OC. The molecule has 0 unspecified atom stereocenters. The smallest absolute Gasteiger partial charge is 0.251 e. The molecule has 2 aromatic rings. The van der Waals surface area contributed by atoms with Crippen LogP contribution in [0.3, 0.4) is 0 Å². The Hall–Kier alpha value is -2.83. The van der Waals surface area contributed by atoms with Gasteiger partial charge in [0.2, 0.25) is 0 Å². The summed E-state index contributed by atoms with van der Waals surface area (Å²) in [6.45, 7) is 5.02. The molecule has 0 radical (unpaired) electrons. The molecule has 7 heteroatoms. The number of methoxy groups -OCH3 is 2. The van der Waals surface area contributed by atoms with E-state index < -0.39 is 0 Å². The summed E-state index contributed by atoms with van der Waals surface area (Å²) in [6.07, 6.45) is 6.76. The van der Waals surface area contributed by atoms with Crippen LogP contribution in [0.25, 0.3) is 0 Å². The van der Waals surface area contributed by atoms with Gasteiger partial charge in [-0.05, 0) is 31.4 Å². The molecule has 144 valence electrons. The molecule has 27 heavy (non-hydrogen) atoms. The fraction of sp³-hybridized carbons (Fsp3) is 0.450. The van der Waals surface area contributed by atoms with Crippen molar-refractivity contribution in [1.82, 2.24) is 20.1 Å². The molecule has 7 nitrogen and oxygen atoms in total. The summed E-state index contributed by atoms with van der Waals surface area (Å²) in [5.41, 5.74) is 1.37. The first kappa shape index (κ1) is 18.9. The average Bonchev–Trinajstić information content (AvgIpc) is 2.91. The van der Waals surface area contributed by atoms with Crippen LogP contribution >= 0.6 is 0 Å². The molecule has 1 aromatic carbocycles. The number of aromatic nitrogens is 3. The van der Waals surface area contributed by atoms with Gasteiger partial charge in [0.1, 0.15) is 5.82 Å². The van der Waals surface area contributed by atoms with Gasteiger partial charge in [-0.3, -0.25) is 4.79 Å². The summed E-state index contributed by atoms with van der Waals surface area (Å²) >= 11 is 0. The second-order valence-corrected chi connectivity index (χ2v) is 6.54. The Morgan fingerprint density at radius 3 is 2.85 bits per heavy atom. The van der Waals surface area contributed by atoms with Crippen LogP contribution in [0.2, 0.25) is 0 Å². The van der Waals surface area contributed by atoms with Crippen LogP contribution in [0, 0.1) is 0 Å². The van der Waals surface area contributed by atoms with E-state index in [1.807, 2.05) is 6.07 Å². The number of ether oxygens (including phenoxy) is 2. The Morgan fingerprint density at radius 2 is 2.11 bits per heavy atom. The number of hydrogen-bond donors (Lipinski definition) is 1. The van der Waals surface area contributed by atoms with Gasteiger partial charge < -0.3 is 19.4 Å². The Kier molecular flexibility index (Phi) is 6.11. The molecule has 0 saturated heterocycles. The third kappa shape index (κ3) is 4.13. The molecule has 0 atom stereocenters. The average molecular weight is 370 g/mol. The fourth-order valence-electron chi connectivity index (χ4n) is 3.42. The van der Waals surface area contributed by atoms with Crippen molar-refractivity contribution in [2.24, 2.45) is 0 Å². The van der Waals surface area contributed by atoms with Gasteiger partial charge in [0.25, 0.3) is 5.91 Å². The molecule has 2 heterocycles. The zero-order valence-electron chi connectivity index (χ0n) is 16.0. The molecule has 1 aliphatic rings. The van der Waals surface area contributed by atoms with E-state index in [-0.39, 0.29) is 5.91 Å². The number of fused-ring (bicyclic) bond motifs is 1. The van der Waals surface area contributed by atoms with Crippen molar-refractivity contribution in [2.75, 3.05) is 14.2 Å². The number of nitrogens with one attached hydrogen (secondary N) is 1. The number of allylic oxidation sites excluding steroid dienone is 1. The number of aryl methyl sites for hydroxylation is 1. The lowest BCUT2D eigenvalue weighted by molar-refractivity contribution is 0.0949. The molecule has 0 spiro atoms. The highest BCUT2D eigenvalue weighted by molar-refractivity contribution is 5.95. The number of rotatable bonds is 7. The number of hydrogen-bond acceptors (Lipinski definition) is 5. The molecule has 0 aliphatic carbocycles. The highest BCUT2D eigenvalue weighted by atomic mass is 16.5. The molecule has 0 saturated carbocycles. The largest absolute Gasteiger partial charge is 0.493 e. The van der Waals surface area contributed by atoms with E-state index in [1.54, 1.807) is 26.4 Å². The van der Waals surface area contributed by atoms with Gasteiger partial charge in [0, 0.05) is 24.1 Å². The highest BCUT2D eigenvalue weighted by Crippen LogP contribution is 2.33. The minimum Gasteiger partial charge on any atom is -0.493 e. The molecule has 1 aromatic heterocycles. The Labute approximate surface area is 159 Å². The minimum atomic E-state index is -0.188. The fourth-order valence-corrected chi connectivity index (χ4v) is 3.42. The first-order chi connectivity index (χ1) is 13.2. The van der Waals surface area contributed by atoms with Crippen molar-refractivity contribution < 1.29 is 14.3 Å². The normalized spacial score (nSPS) is 13.4. The van der Waals surface area contributed by atoms with Crippen LogP contribution in [0.15, 0.2) is 24.8 Å². The quantitative estimate of drug-likeness (QED) is 0.758. The van der Waals surface area contributed by atoms with E-state index in [4.69, 9.17) is 9.47 Å². The number of carbonyl (C=O) groups excluding carboxylic acids is 1. The first-order valence-electron chi connectivity index (χ1n) is 9.22. The monoisotopic (exact) mass is 370 g/mol. The van der Waals surface area contributed by atoms with E-state index in [1.165, 1.54) is 6.42 Å². The van der Waals surface area contributed by atoms with Crippen molar-refractivity contribution in [2.45, 2.75) is 45.2 Å². The lowest BCUT2D eigenvalue weighted by Gasteiger charge is -2.14. The van der Waals surface area contributed by atoms with Crippen molar-refractivity contribution in [3.05, 3.63) is 47.6 Å². The van der Waals surface area contributed by atoms with Crippen molar-refractivity contribution in [3.63, 3.8) is 0 Å². The van der Waals surface area contributed by atoms with Gasteiger partial charge in [-0.15, -0.1) is 16.8 Å². The van der Waals surface area contributed by atoms with Crippen LogP contribution < -0.4 is 14.8 Å². The van der Waals surface area contributed by atoms with Gasteiger partial charge in [-0.1, -0.05) is 12.5 Å². The van der Waals surface area contributed by atoms with E-state index in [2.05, 4.69) is 26.7 Å². The van der Waals surface area contributed by atoms with Gasteiger partial charge in [0.05, 0.1) is 20.8 Å². The topological polar surface area (TPSA) is 78.3 Å². The van der Waals surface area contributed by atoms with Crippen LogP contribution in [0.4, 0.5) is 0 Å². The maximum atomic E-state index is 12.7. The maximum absolute atomic E-state index is 12.7. The van der Waals surface area contributed by atoms with Crippen molar-refractivity contribution in [1.29, 1.82) is 0 Å². The number of benzene rings is 1. The lowest BCUT2D eigenvalue weighted by Crippen LogP contribution is -2.25. The summed E-state index contributed by atoms with van der Waals surface area (Å²) < 4.78 is 12.9. The molecule has 1 N–H and O–H groups in total. The van der Waals surface area contributed by atoms with E-state index >= 15 is 0 Å². The Balaban J connectivity index is 1.77. The Bertz CT molecular complexity index is 829. The van der Waals surface area contributed by atoms with Crippen LogP contribution in [0.1, 0.15) is 46.8 Å². The lowest BCUT2D eigenvalue weighted by atomic mass is 10.0. The zero-order chi connectivity index (χ0) is 19.2. The summed E-state index contributed by atoms with van der Waals surface area (Å²) in [5.74, 6) is 2.77. The molecule has 0 bridgehead atoms. The Morgan fingerprint density at radius 1 is 1.26 bits per heavy atom. The van der Waals surface area contributed by atoms with Gasteiger partial charge in [0.15, 0.2) is 17.3 Å². The molecule has 3 rings (SSSR count). The van der Waals surface area contributed by atoms with Gasteiger partial charge in [-0.2, -0.15) is 0 Å². The zero-order valence-corrected chi connectivity index (χ0v) is 16.0. The number of carbonyl (C=O) groups is 1. The second-order valence-electron chi connectivity index (χ2n) is 6.54. The summed E-state index contributed by atoms with van der Waals surface area (Å²) in [5, 5.41) is 11.5.